The Labute approximate surface area is 129 Å². The van der Waals surface area contributed by atoms with Gasteiger partial charge in [-0.05, 0) is 43.7 Å². The molecule has 3 nitrogen and oxygen atoms in total. The van der Waals surface area contributed by atoms with Gasteiger partial charge in [-0.1, -0.05) is 18.7 Å². The quantitative estimate of drug-likeness (QED) is 0.884. The Morgan fingerprint density at radius 1 is 1.38 bits per heavy atom. The molecule has 3 rings (SSSR count). The highest BCUT2D eigenvalue weighted by atomic mass is 32.2. The van der Waals surface area contributed by atoms with Gasteiger partial charge in [-0.2, -0.15) is 0 Å². The maximum Gasteiger partial charge on any atom is 0.161 e. The fourth-order valence-electron chi connectivity index (χ4n) is 2.94. The number of thioether (sulfide) groups is 1. The van der Waals surface area contributed by atoms with E-state index in [0.717, 1.165) is 29.7 Å². The summed E-state index contributed by atoms with van der Waals surface area (Å²) < 4.78 is 19.0. The normalized spacial score (nSPS) is 28.5. The number of hydrogen-bond donors (Lipinski definition) is 1. The van der Waals surface area contributed by atoms with Crippen LogP contribution in [-0.4, -0.2) is 23.6 Å². The molecule has 21 heavy (non-hydrogen) atoms. The first-order valence-corrected chi connectivity index (χ1v) is 8.42. The monoisotopic (exact) mass is 308 g/mol. The molecule has 1 heterocycles. The summed E-state index contributed by atoms with van der Waals surface area (Å²) in [4.78, 5) is 4.87. The molecule has 0 radical (unpaired) electrons. The van der Waals surface area contributed by atoms with E-state index >= 15 is 0 Å². The SMILES string of the molecule is COc1ccc(F)c(NC2=NC3(CCC(C)CC3)CS2)c1. The zero-order chi connectivity index (χ0) is 14.9. The van der Waals surface area contributed by atoms with Gasteiger partial charge in [0.25, 0.3) is 0 Å². The van der Waals surface area contributed by atoms with Crippen molar-refractivity contribution in [2.75, 3.05) is 18.2 Å². The maximum absolute atomic E-state index is 13.9. The predicted octanol–water partition coefficient (Wildman–Crippen LogP) is 4.30. The summed E-state index contributed by atoms with van der Waals surface area (Å²) in [5, 5.41) is 3.95. The number of amidine groups is 1. The van der Waals surface area contributed by atoms with E-state index in [9.17, 15) is 4.39 Å². The minimum Gasteiger partial charge on any atom is -0.497 e. The summed E-state index contributed by atoms with van der Waals surface area (Å²) >= 11 is 1.70. The van der Waals surface area contributed by atoms with Gasteiger partial charge in [-0.15, -0.1) is 0 Å². The maximum atomic E-state index is 13.9. The number of methoxy groups -OCH3 is 1. The van der Waals surface area contributed by atoms with Gasteiger partial charge in [0.1, 0.15) is 11.6 Å². The number of hydrogen-bond acceptors (Lipinski definition) is 4. The summed E-state index contributed by atoms with van der Waals surface area (Å²) in [6.45, 7) is 2.31. The number of benzene rings is 1. The lowest BCUT2D eigenvalue weighted by atomic mass is 9.79. The Morgan fingerprint density at radius 2 is 2.14 bits per heavy atom. The van der Waals surface area contributed by atoms with Crippen molar-refractivity contribution in [3.63, 3.8) is 0 Å². The van der Waals surface area contributed by atoms with Crippen molar-refractivity contribution in [3.05, 3.63) is 24.0 Å². The second kappa shape index (κ2) is 5.87. The van der Waals surface area contributed by atoms with E-state index in [-0.39, 0.29) is 11.4 Å². The standard InChI is InChI=1S/C16H21FN2OS/c1-11-5-7-16(8-6-11)10-21-15(19-16)18-14-9-12(20-2)3-4-13(14)17/h3-4,9,11H,5-8,10H2,1-2H3,(H,18,19). The third-order valence-electron chi connectivity index (χ3n) is 4.44. The molecule has 1 saturated carbocycles. The van der Waals surface area contributed by atoms with Gasteiger partial charge in [0.05, 0.1) is 18.3 Å². The van der Waals surface area contributed by atoms with E-state index in [2.05, 4.69) is 12.2 Å². The van der Waals surface area contributed by atoms with Gasteiger partial charge in [0, 0.05) is 11.8 Å². The number of nitrogens with one attached hydrogen (secondary N) is 1. The molecule has 2 aliphatic rings. The lowest BCUT2D eigenvalue weighted by Gasteiger charge is -2.32. The van der Waals surface area contributed by atoms with Crippen LogP contribution in [-0.2, 0) is 0 Å². The molecule has 0 amide bonds. The van der Waals surface area contributed by atoms with Crippen LogP contribution >= 0.6 is 11.8 Å². The molecule has 1 aromatic rings. The van der Waals surface area contributed by atoms with Crippen molar-refractivity contribution in [2.45, 2.75) is 38.1 Å². The summed E-state index contributed by atoms with van der Waals surface area (Å²) in [6.07, 6.45) is 4.77. The summed E-state index contributed by atoms with van der Waals surface area (Å²) in [7, 11) is 1.58. The van der Waals surface area contributed by atoms with Crippen LogP contribution in [0.25, 0.3) is 0 Å². The molecule has 1 aliphatic heterocycles. The Kier molecular flexibility index (Phi) is 4.11. The van der Waals surface area contributed by atoms with E-state index in [1.165, 1.54) is 18.9 Å². The molecule has 0 bridgehead atoms. The van der Waals surface area contributed by atoms with Crippen LogP contribution in [0.5, 0.6) is 5.75 Å². The van der Waals surface area contributed by atoms with Gasteiger partial charge in [0.2, 0.25) is 0 Å². The smallest absolute Gasteiger partial charge is 0.161 e. The average Bonchev–Trinajstić information content (AvgIpc) is 2.88. The first kappa shape index (κ1) is 14.7. The second-order valence-corrected chi connectivity index (χ2v) is 7.05. The average molecular weight is 308 g/mol. The second-order valence-electron chi connectivity index (χ2n) is 6.08. The number of anilines is 1. The van der Waals surface area contributed by atoms with Gasteiger partial charge >= 0.3 is 0 Å². The topological polar surface area (TPSA) is 33.6 Å². The van der Waals surface area contributed by atoms with Crippen molar-refractivity contribution in [1.29, 1.82) is 0 Å². The molecule has 5 heteroatoms. The third kappa shape index (κ3) is 3.18. The van der Waals surface area contributed by atoms with E-state index in [4.69, 9.17) is 9.73 Å². The van der Waals surface area contributed by atoms with Crippen LogP contribution in [0.4, 0.5) is 10.1 Å². The van der Waals surface area contributed by atoms with Crippen molar-refractivity contribution >= 4 is 22.6 Å². The van der Waals surface area contributed by atoms with E-state index < -0.39 is 0 Å². The lowest BCUT2D eigenvalue weighted by Crippen LogP contribution is -2.32. The van der Waals surface area contributed by atoms with Crippen molar-refractivity contribution in [3.8, 4) is 5.75 Å². The molecule has 114 valence electrons. The van der Waals surface area contributed by atoms with Gasteiger partial charge < -0.3 is 10.1 Å². The predicted molar refractivity (Wildman–Crippen MR) is 86.8 cm³/mol. The highest BCUT2D eigenvalue weighted by molar-refractivity contribution is 8.14. The minimum absolute atomic E-state index is 0.0782. The lowest BCUT2D eigenvalue weighted by molar-refractivity contribution is 0.273. The van der Waals surface area contributed by atoms with Crippen LogP contribution in [0.15, 0.2) is 23.2 Å². The van der Waals surface area contributed by atoms with Crippen LogP contribution in [0.3, 0.4) is 0 Å². The Bertz CT molecular complexity index is 553. The molecular weight excluding hydrogens is 287 g/mol. The van der Waals surface area contributed by atoms with Crippen LogP contribution in [0, 0.1) is 11.7 Å². The summed E-state index contributed by atoms with van der Waals surface area (Å²) in [6, 6.07) is 4.71. The molecule has 1 N–H and O–H groups in total. The number of ether oxygens (including phenoxy) is 1. The number of halogens is 1. The molecule has 0 atom stereocenters. The van der Waals surface area contributed by atoms with Gasteiger partial charge in [-0.25, -0.2) is 4.39 Å². The van der Waals surface area contributed by atoms with E-state index in [1.807, 2.05) is 0 Å². The van der Waals surface area contributed by atoms with Crippen molar-refractivity contribution in [1.82, 2.24) is 0 Å². The number of nitrogens with zero attached hydrogens (tertiary/aromatic N) is 1. The highest BCUT2D eigenvalue weighted by Crippen LogP contribution is 2.41. The molecule has 1 fully saturated rings. The van der Waals surface area contributed by atoms with Crippen LogP contribution < -0.4 is 10.1 Å². The largest absolute Gasteiger partial charge is 0.497 e. The zero-order valence-corrected chi connectivity index (χ0v) is 13.3. The van der Waals surface area contributed by atoms with Crippen LogP contribution in [0.1, 0.15) is 32.6 Å². The van der Waals surface area contributed by atoms with E-state index in [1.54, 1.807) is 31.0 Å². The first-order chi connectivity index (χ1) is 10.1. The number of rotatable bonds is 2. The van der Waals surface area contributed by atoms with Gasteiger partial charge in [0.15, 0.2) is 5.17 Å². The van der Waals surface area contributed by atoms with Crippen molar-refractivity contribution in [2.24, 2.45) is 10.9 Å². The number of aliphatic imine (C=N–C) groups is 1. The van der Waals surface area contributed by atoms with Crippen LogP contribution in [0.2, 0.25) is 0 Å². The Hall–Kier alpha value is -1.23. The minimum atomic E-state index is -0.280. The fourth-order valence-corrected chi connectivity index (χ4v) is 4.14. The highest BCUT2D eigenvalue weighted by Gasteiger charge is 2.38. The molecule has 0 saturated heterocycles. The molecule has 1 spiro atoms. The Balaban J connectivity index is 1.74. The summed E-state index contributed by atoms with van der Waals surface area (Å²) in [5.74, 6) is 2.18. The van der Waals surface area contributed by atoms with Gasteiger partial charge in [-0.3, -0.25) is 4.99 Å². The zero-order valence-electron chi connectivity index (χ0n) is 12.5. The first-order valence-electron chi connectivity index (χ1n) is 7.43. The molecule has 0 aromatic heterocycles. The van der Waals surface area contributed by atoms with E-state index in [0.29, 0.717) is 11.4 Å². The molecule has 1 aliphatic carbocycles. The third-order valence-corrected chi connectivity index (χ3v) is 5.58. The molecular formula is C16H21FN2OS. The molecule has 0 unspecified atom stereocenters. The summed E-state index contributed by atoms with van der Waals surface area (Å²) in [5.41, 5.74) is 0.510. The Morgan fingerprint density at radius 3 is 2.86 bits per heavy atom. The molecule has 1 aromatic carbocycles. The van der Waals surface area contributed by atoms with Crippen molar-refractivity contribution < 1.29 is 9.13 Å². The fraction of sp³-hybridized carbons (Fsp3) is 0.562.